The molecule has 1 heterocycles. The van der Waals surface area contributed by atoms with Gasteiger partial charge >= 0.3 is 0 Å². The lowest BCUT2D eigenvalue weighted by molar-refractivity contribution is -0.114. The summed E-state index contributed by atoms with van der Waals surface area (Å²) < 4.78 is 29.1. The van der Waals surface area contributed by atoms with Crippen LogP contribution in [0.4, 0.5) is 20.2 Å². The summed E-state index contributed by atoms with van der Waals surface area (Å²) >= 11 is 0. The molecule has 0 unspecified atom stereocenters. The van der Waals surface area contributed by atoms with E-state index in [1.165, 1.54) is 13.0 Å². The molecule has 2 rings (SSSR count). The molecule has 0 bridgehead atoms. The van der Waals surface area contributed by atoms with E-state index in [1.807, 2.05) is 13.8 Å². The van der Waals surface area contributed by atoms with E-state index in [-0.39, 0.29) is 11.4 Å². The molecule has 0 aliphatic heterocycles. The Morgan fingerprint density at radius 1 is 1.12 bits per heavy atom. The fourth-order valence-electron chi connectivity index (χ4n) is 2.29. The molecule has 0 atom stereocenters. The Bertz CT molecular complexity index is 872. The molecule has 0 aliphatic carbocycles. The Hall–Kier alpha value is -3.03. The number of benzene rings is 1. The van der Waals surface area contributed by atoms with Gasteiger partial charge in [-0.1, -0.05) is 0 Å². The van der Waals surface area contributed by atoms with E-state index < -0.39 is 23.4 Å². The normalized spacial score (nSPS) is 11.0. The van der Waals surface area contributed by atoms with E-state index in [0.29, 0.717) is 6.07 Å². The topological polar surface area (TPSA) is 76.0 Å². The Labute approximate surface area is 143 Å². The van der Waals surface area contributed by atoms with Gasteiger partial charge in [0.15, 0.2) is 0 Å². The second-order valence-corrected chi connectivity index (χ2v) is 5.52. The molecule has 1 aromatic carbocycles. The summed E-state index contributed by atoms with van der Waals surface area (Å²) in [6.45, 7) is 4.86. The van der Waals surface area contributed by atoms with Crippen LogP contribution in [0.2, 0.25) is 0 Å². The second kappa shape index (κ2) is 7.25. The number of halogens is 2. The third-order valence-corrected chi connectivity index (χ3v) is 3.59. The molecule has 0 aliphatic rings. The van der Waals surface area contributed by atoms with E-state index in [4.69, 9.17) is 0 Å². The fraction of sp³-hybridized carbons (Fsp3) is 0.235. The van der Waals surface area contributed by atoms with Gasteiger partial charge in [0.1, 0.15) is 11.6 Å². The van der Waals surface area contributed by atoms with Crippen LogP contribution >= 0.6 is 0 Å². The highest BCUT2D eigenvalue weighted by Crippen LogP contribution is 2.23. The van der Waals surface area contributed by atoms with Gasteiger partial charge in [-0.15, -0.1) is 0 Å². The van der Waals surface area contributed by atoms with Gasteiger partial charge in [0, 0.05) is 37.4 Å². The van der Waals surface area contributed by atoms with Crippen LogP contribution in [0.15, 0.2) is 18.2 Å². The zero-order valence-corrected chi connectivity index (χ0v) is 14.3. The van der Waals surface area contributed by atoms with Crippen LogP contribution in [0.1, 0.15) is 23.9 Å². The van der Waals surface area contributed by atoms with Crippen LogP contribution in [-0.2, 0) is 16.6 Å². The first-order valence-electron chi connectivity index (χ1n) is 7.45. The minimum atomic E-state index is -0.943. The highest BCUT2D eigenvalue weighted by atomic mass is 19.1. The number of aryl methyl sites for hydroxylation is 2. The van der Waals surface area contributed by atoms with E-state index in [1.54, 1.807) is 17.8 Å². The molecule has 0 fully saturated rings. The molecule has 6 nitrogen and oxygen atoms in total. The molecule has 0 radical (unpaired) electrons. The predicted octanol–water partition coefficient (Wildman–Crippen LogP) is 2.93. The fourth-order valence-corrected chi connectivity index (χ4v) is 2.29. The van der Waals surface area contributed by atoms with Crippen molar-refractivity contribution < 1.29 is 18.4 Å². The third-order valence-electron chi connectivity index (χ3n) is 3.59. The zero-order chi connectivity index (χ0) is 18.7. The van der Waals surface area contributed by atoms with Gasteiger partial charge in [0.2, 0.25) is 11.8 Å². The molecule has 0 saturated heterocycles. The van der Waals surface area contributed by atoms with Gasteiger partial charge in [-0.3, -0.25) is 14.3 Å². The van der Waals surface area contributed by atoms with Crippen LogP contribution in [0.3, 0.4) is 0 Å². The Kier molecular flexibility index (Phi) is 5.31. The largest absolute Gasteiger partial charge is 0.324 e. The molecule has 1 aromatic heterocycles. The molecular formula is C17H18F2N4O2. The highest BCUT2D eigenvalue weighted by Gasteiger charge is 2.13. The number of anilines is 2. The van der Waals surface area contributed by atoms with E-state index in [2.05, 4.69) is 15.7 Å². The van der Waals surface area contributed by atoms with Crippen molar-refractivity contribution in [1.29, 1.82) is 0 Å². The van der Waals surface area contributed by atoms with Gasteiger partial charge in [0.25, 0.3) is 0 Å². The molecule has 8 heteroatoms. The smallest absolute Gasteiger partial charge is 0.248 e. The number of rotatable bonds is 4. The van der Waals surface area contributed by atoms with Crippen molar-refractivity contribution in [2.75, 3.05) is 10.6 Å². The van der Waals surface area contributed by atoms with Crippen molar-refractivity contribution in [3.8, 4) is 0 Å². The van der Waals surface area contributed by atoms with Crippen molar-refractivity contribution in [3.05, 3.63) is 46.8 Å². The first kappa shape index (κ1) is 18.3. The van der Waals surface area contributed by atoms with Crippen molar-refractivity contribution in [1.82, 2.24) is 9.78 Å². The summed E-state index contributed by atoms with van der Waals surface area (Å²) in [5, 5.41) is 8.78. The summed E-state index contributed by atoms with van der Waals surface area (Å²) in [5.74, 6) is -2.97. The van der Waals surface area contributed by atoms with E-state index >= 15 is 0 Å². The highest BCUT2D eigenvalue weighted by molar-refractivity contribution is 6.02. The number of carbonyl (C=O) groups is 2. The van der Waals surface area contributed by atoms with E-state index in [9.17, 15) is 18.4 Å². The molecule has 132 valence electrons. The standard InChI is InChI=1S/C17H18F2N4O2/c1-9-12(10(2)23(4)22-9)5-6-17(25)21-16-8-15(20-11(3)24)13(18)7-14(16)19/h5-8H,1-4H3,(H,20,24)(H,21,25)/b6-5+. The number of hydrogen-bond acceptors (Lipinski definition) is 3. The third kappa shape index (κ3) is 4.28. The molecule has 2 N–H and O–H groups in total. The lowest BCUT2D eigenvalue weighted by Crippen LogP contribution is -2.12. The number of nitrogens with one attached hydrogen (secondary N) is 2. The average Bonchev–Trinajstić information content (AvgIpc) is 2.74. The molecule has 25 heavy (non-hydrogen) atoms. The first-order chi connectivity index (χ1) is 11.7. The average molecular weight is 348 g/mol. The number of hydrogen-bond donors (Lipinski definition) is 2. The SMILES string of the molecule is CC(=O)Nc1cc(NC(=O)/C=C/c2c(C)nn(C)c2C)c(F)cc1F. The summed E-state index contributed by atoms with van der Waals surface area (Å²) in [7, 11) is 1.79. The number of aromatic nitrogens is 2. The van der Waals surface area contributed by atoms with Crippen LogP contribution in [-0.4, -0.2) is 21.6 Å². The molecular weight excluding hydrogens is 330 g/mol. The van der Waals surface area contributed by atoms with Gasteiger partial charge < -0.3 is 10.6 Å². The van der Waals surface area contributed by atoms with Crippen LogP contribution in [0.25, 0.3) is 6.08 Å². The predicted molar refractivity (Wildman–Crippen MR) is 91.0 cm³/mol. The summed E-state index contributed by atoms with van der Waals surface area (Å²) in [6, 6.07) is 1.62. The van der Waals surface area contributed by atoms with Crippen molar-refractivity contribution in [2.24, 2.45) is 7.05 Å². The lowest BCUT2D eigenvalue weighted by atomic mass is 10.2. The quantitative estimate of drug-likeness (QED) is 0.834. The van der Waals surface area contributed by atoms with Gasteiger partial charge in [-0.2, -0.15) is 5.10 Å². The van der Waals surface area contributed by atoms with Gasteiger partial charge in [-0.25, -0.2) is 8.78 Å². The Morgan fingerprint density at radius 2 is 1.72 bits per heavy atom. The van der Waals surface area contributed by atoms with Crippen LogP contribution in [0, 0.1) is 25.5 Å². The summed E-state index contributed by atoms with van der Waals surface area (Å²) in [4.78, 5) is 23.0. The van der Waals surface area contributed by atoms with Crippen molar-refractivity contribution in [3.63, 3.8) is 0 Å². The summed E-state index contributed by atoms with van der Waals surface area (Å²) in [5.41, 5.74) is 1.97. The van der Waals surface area contributed by atoms with Crippen LogP contribution in [0.5, 0.6) is 0 Å². The van der Waals surface area contributed by atoms with Gasteiger partial charge in [0.05, 0.1) is 17.1 Å². The maximum Gasteiger partial charge on any atom is 0.248 e. The molecule has 0 saturated carbocycles. The van der Waals surface area contributed by atoms with Crippen LogP contribution < -0.4 is 10.6 Å². The number of nitrogens with zero attached hydrogens (tertiary/aromatic N) is 2. The first-order valence-corrected chi connectivity index (χ1v) is 7.45. The maximum atomic E-state index is 13.8. The maximum absolute atomic E-state index is 13.8. The Morgan fingerprint density at radius 3 is 2.24 bits per heavy atom. The minimum absolute atomic E-state index is 0.216. The summed E-state index contributed by atoms with van der Waals surface area (Å²) in [6.07, 6.45) is 2.81. The van der Waals surface area contributed by atoms with Gasteiger partial charge in [-0.05, 0) is 26.0 Å². The second-order valence-electron chi connectivity index (χ2n) is 5.52. The number of amides is 2. The van der Waals surface area contributed by atoms with Crippen molar-refractivity contribution in [2.45, 2.75) is 20.8 Å². The molecule has 2 amide bonds. The molecule has 2 aromatic rings. The zero-order valence-electron chi connectivity index (χ0n) is 14.3. The lowest BCUT2D eigenvalue weighted by Gasteiger charge is -2.09. The van der Waals surface area contributed by atoms with E-state index in [0.717, 1.165) is 23.0 Å². The molecule has 0 spiro atoms. The number of carbonyl (C=O) groups excluding carboxylic acids is 2. The monoisotopic (exact) mass is 348 g/mol. The Balaban J connectivity index is 2.20. The minimum Gasteiger partial charge on any atom is -0.324 e. The van der Waals surface area contributed by atoms with Crippen molar-refractivity contribution >= 4 is 29.3 Å².